The molecule has 0 saturated heterocycles. The van der Waals surface area contributed by atoms with E-state index in [1.807, 2.05) is 60.7 Å². The fraction of sp³-hybridized carbons (Fsp3) is 0.292. The maximum Gasteiger partial charge on any atom is 0.249 e. The minimum Gasteiger partial charge on any atom is -0.359 e. The van der Waals surface area contributed by atoms with Crippen LogP contribution < -0.4 is 15.5 Å². The summed E-state index contributed by atoms with van der Waals surface area (Å²) in [6.07, 6.45) is 1.24. The van der Waals surface area contributed by atoms with Gasteiger partial charge in [0.1, 0.15) is 11.7 Å². The highest BCUT2D eigenvalue weighted by atomic mass is 35.5. The number of aryl methyl sites for hydroxylation is 1. The fourth-order valence-electron chi connectivity index (χ4n) is 3.73. The minimum atomic E-state index is -0.604. The summed E-state index contributed by atoms with van der Waals surface area (Å²) in [5, 5.41) is 9.98. The monoisotopic (exact) mass is 454 g/mol. The summed E-state index contributed by atoms with van der Waals surface area (Å²) < 4.78 is 5.56. The SMILES string of the molecule is CN[C@@H](C)C(=O)NC1CCc2ccccc2N(Cc2cc(-c3ccccc3)no2)C1=O.Cl. The predicted octanol–water partition coefficient (Wildman–Crippen LogP) is 3.34. The van der Waals surface area contributed by atoms with Gasteiger partial charge < -0.3 is 20.1 Å². The van der Waals surface area contributed by atoms with Crippen molar-refractivity contribution in [3.8, 4) is 11.3 Å². The van der Waals surface area contributed by atoms with Crippen LogP contribution in [-0.2, 0) is 22.6 Å². The number of rotatable bonds is 6. The molecule has 0 radical (unpaired) electrons. The average molecular weight is 455 g/mol. The van der Waals surface area contributed by atoms with Crippen molar-refractivity contribution in [1.29, 1.82) is 0 Å². The van der Waals surface area contributed by atoms with Crippen LogP contribution in [0, 0.1) is 0 Å². The Bertz CT molecular complexity index is 1070. The van der Waals surface area contributed by atoms with Crippen LogP contribution in [0.2, 0.25) is 0 Å². The number of hydrogen-bond acceptors (Lipinski definition) is 5. The van der Waals surface area contributed by atoms with Gasteiger partial charge in [0.2, 0.25) is 11.8 Å². The molecule has 32 heavy (non-hydrogen) atoms. The van der Waals surface area contributed by atoms with Crippen molar-refractivity contribution in [1.82, 2.24) is 15.8 Å². The van der Waals surface area contributed by atoms with E-state index in [4.69, 9.17) is 4.52 Å². The number of fused-ring (bicyclic) bond motifs is 1. The maximum absolute atomic E-state index is 13.5. The Morgan fingerprint density at radius 3 is 2.66 bits per heavy atom. The Morgan fingerprint density at radius 2 is 1.91 bits per heavy atom. The number of benzene rings is 2. The lowest BCUT2D eigenvalue weighted by molar-refractivity contribution is -0.128. The molecule has 1 aromatic heterocycles. The van der Waals surface area contributed by atoms with E-state index >= 15 is 0 Å². The Labute approximate surface area is 193 Å². The van der Waals surface area contributed by atoms with E-state index in [9.17, 15) is 9.59 Å². The van der Waals surface area contributed by atoms with Crippen LogP contribution in [0.1, 0.15) is 24.7 Å². The van der Waals surface area contributed by atoms with Gasteiger partial charge >= 0.3 is 0 Å². The lowest BCUT2D eigenvalue weighted by atomic mass is 10.1. The van der Waals surface area contributed by atoms with E-state index in [1.54, 1.807) is 18.9 Å². The third-order valence-electron chi connectivity index (χ3n) is 5.63. The largest absolute Gasteiger partial charge is 0.359 e. The van der Waals surface area contributed by atoms with Crippen molar-refractivity contribution < 1.29 is 14.1 Å². The zero-order chi connectivity index (χ0) is 21.8. The van der Waals surface area contributed by atoms with Crippen LogP contribution in [0.15, 0.2) is 65.2 Å². The van der Waals surface area contributed by atoms with E-state index in [0.717, 1.165) is 22.5 Å². The Kier molecular flexibility index (Phi) is 7.66. The van der Waals surface area contributed by atoms with Gasteiger partial charge in [0.15, 0.2) is 5.76 Å². The van der Waals surface area contributed by atoms with Crippen LogP contribution >= 0.6 is 12.4 Å². The van der Waals surface area contributed by atoms with Gasteiger partial charge in [-0.3, -0.25) is 9.59 Å². The molecule has 2 amide bonds. The number of aromatic nitrogens is 1. The van der Waals surface area contributed by atoms with Gasteiger partial charge in [0, 0.05) is 17.3 Å². The molecule has 2 N–H and O–H groups in total. The van der Waals surface area contributed by atoms with Gasteiger partial charge in [0.05, 0.1) is 12.6 Å². The number of carbonyl (C=O) groups is 2. The van der Waals surface area contributed by atoms with Crippen LogP contribution in [0.3, 0.4) is 0 Å². The number of para-hydroxylation sites is 1. The molecule has 0 bridgehead atoms. The molecule has 0 saturated carbocycles. The molecule has 7 nitrogen and oxygen atoms in total. The summed E-state index contributed by atoms with van der Waals surface area (Å²) in [7, 11) is 1.72. The molecule has 2 atom stereocenters. The number of carbonyl (C=O) groups excluding carboxylic acids is 2. The lowest BCUT2D eigenvalue weighted by Gasteiger charge is -2.26. The van der Waals surface area contributed by atoms with Crippen LogP contribution in [-0.4, -0.2) is 36.1 Å². The molecular formula is C24H27ClN4O3. The summed E-state index contributed by atoms with van der Waals surface area (Å²) in [6.45, 7) is 2.01. The third-order valence-corrected chi connectivity index (χ3v) is 5.63. The summed E-state index contributed by atoms with van der Waals surface area (Å²) in [5.41, 5.74) is 3.57. The zero-order valence-electron chi connectivity index (χ0n) is 18.1. The first kappa shape index (κ1) is 23.5. The molecule has 1 unspecified atom stereocenters. The normalized spacial score (nSPS) is 16.5. The molecule has 8 heteroatoms. The average Bonchev–Trinajstić information content (AvgIpc) is 3.24. The molecular weight excluding hydrogens is 428 g/mol. The lowest BCUT2D eigenvalue weighted by Crippen LogP contribution is -2.52. The smallest absolute Gasteiger partial charge is 0.249 e. The molecule has 0 aliphatic carbocycles. The second-order valence-corrected chi connectivity index (χ2v) is 7.71. The zero-order valence-corrected chi connectivity index (χ0v) is 18.9. The van der Waals surface area contributed by atoms with Crippen LogP contribution in [0.25, 0.3) is 11.3 Å². The van der Waals surface area contributed by atoms with Gasteiger partial charge in [-0.25, -0.2) is 0 Å². The first-order chi connectivity index (χ1) is 15.1. The second-order valence-electron chi connectivity index (χ2n) is 7.71. The Balaban J connectivity index is 0.00000289. The van der Waals surface area contributed by atoms with Crippen molar-refractivity contribution in [2.45, 2.75) is 38.4 Å². The molecule has 3 aromatic rings. The van der Waals surface area contributed by atoms with Crippen LogP contribution in [0.4, 0.5) is 5.69 Å². The molecule has 1 aliphatic heterocycles. The highest BCUT2D eigenvalue weighted by Crippen LogP contribution is 2.29. The summed E-state index contributed by atoms with van der Waals surface area (Å²) in [4.78, 5) is 27.6. The van der Waals surface area contributed by atoms with Crippen molar-refractivity contribution in [3.63, 3.8) is 0 Å². The number of nitrogens with zero attached hydrogens (tertiary/aromatic N) is 2. The standard InChI is InChI=1S/C24H26N4O3.ClH/c1-16(25-2)23(29)26-20-13-12-18-10-6-7-11-22(18)28(24(20)30)15-19-14-21(27-31-19)17-8-4-3-5-9-17;/h3-11,14,16,20,25H,12-13,15H2,1-2H3,(H,26,29);1H/t16-,20?;/m0./s1. The number of nitrogens with one attached hydrogen (secondary N) is 2. The molecule has 168 valence electrons. The summed E-state index contributed by atoms with van der Waals surface area (Å²) in [5.74, 6) is 0.231. The first-order valence-corrected chi connectivity index (χ1v) is 10.4. The van der Waals surface area contributed by atoms with E-state index in [1.165, 1.54) is 0 Å². The minimum absolute atomic E-state index is 0. The van der Waals surface area contributed by atoms with Crippen molar-refractivity contribution in [2.24, 2.45) is 0 Å². The van der Waals surface area contributed by atoms with E-state index < -0.39 is 6.04 Å². The van der Waals surface area contributed by atoms with Gasteiger partial charge in [-0.15, -0.1) is 12.4 Å². The van der Waals surface area contributed by atoms with Crippen LogP contribution in [0.5, 0.6) is 0 Å². The second kappa shape index (κ2) is 10.4. The predicted molar refractivity (Wildman–Crippen MR) is 126 cm³/mol. The van der Waals surface area contributed by atoms with Crippen molar-refractivity contribution in [2.75, 3.05) is 11.9 Å². The van der Waals surface area contributed by atoms with Gasteiger partial charge in [0.25, 0.3) is 0 Å². The number of amides is 2. The Morgan fingerprint density at radius 1 is 1.19 bits per heavy atom. The molecule has 2 heterocycles. The number of halogens is 1. The highest BCUT2D eigenvalue weighted by molar-refractivity contribution is 6.00. The number of hydrogen-bond donors (Lipinski definition) is 2. The third kappa shape index (κ3) is 5.00. The van der Waals surface area contributed by atoms with Crippen molar-refractivity contribution in [3.05, 3.63) is 72.0 Å². The number of anilines is 1. The van der Waals surface area contributed by atoms with Gasteiger partial charge in [-0.2, -0.15) is 0 Å². The molecule has 0 fully saturated rings. The summed E-state index contributed by atoms with van der Waals surface area (Å²) >= 11 is 0. The highest BCUT2D eigenvalue weighted by Gasteiger charge is 2.32. The quantitative estimate of drug-likeness (QED) is 0.596. The van der Waals surface area contributed by atoms with Gasteiger partial charge in [-0.1, -0.05) is 53.7 Å². The van der Waals surface area contributed by atoms with E-state index in [2.05, 4.69) is 15.8 Å². The summed E-state index contributed by atoms with van der Waals surface area (Å²) in [6, 6.07) is 18.5. The fourth-order valence-corrected chi connectivity index (χ4v) is 3.73. The topological polar surface area (TPSA) is 87.5 Å². The molecule has 4 rings (SSSR count). The Hall–Kier alpha value is -3.16. The molecule has 0 spiro atoms. The van der Waals surface area contributed by atoms with Gasteiger partial charge in [-0.05, 0) is 38.4 Å². The number of likely N-dealkylation sites (N-methyl/N-ethyl adjacent to an activating group) is 1. The molecule has 2 aromatic carbocycles. The van der Waals surface area contributed by atoms with Crippen molar-refractivity contribution >= 4 is 29.9 Å². The maximum atomic E-state index is 13.5. The van der Waals surface area contributed by atoms with E-state index in [0.29, 0.717) is 18.6 Å². The molecule has 1 aliphatic rings. The first-order valence-electron chi connectivity index (χ1n) is 10.4. The van der Waals surface area contributed by atoms with E-state index in [-0.39, 0.29) is 36.8 Å².